The second-order valence-electron chi connectivity index (χ2n) is 4.33. The topological polar surface area (TPSA) is 85.1 Å². The molecule has 108 valence electrons. The molecular weight excluding hydrogens is 374 g/mol. The molecule has 3 N–H and O–H groups in total. The Morgan fingerprint density at radius 1 is 1.19 bits per heavy atom. The lowest BCUT2D eigenvalue weighted by atomic mass is 10.3. The Bertz CT molecular complexity index is 922. The van der Waals surface area contributed by atoms with Crippen LogP contribution >= 0.6 is 27.3 Å². The highest BCUT2D eigenvalue weighted by Gasteiger charge is 2.18. The molecule has 0 amide bonds. The van der Waals surface area contributed by atoms with Crippen LogP contribution in [0.3, 0.4) is 0 Å². The molecule has 2 aromatic carbocycles. The molecule has 21 heavy (non-hydrogen) atoms. The monoisotopic (exact) mass is 383 g/mol. The fourth-order valence-corrected chi connectivity index (χ4v) is 4.62. The Morgan fingerprint density at radius 3 is 2.81 bits per heavy atom. The largest absolute Gasteiger partial charge is 0.399 e. The molecule has 0 aliphatic carbocycles. The van der Waals surface area contributed by atoms with Crippen LogP contribution in [-0.4, -0.2) is 13.4 Å². The summed E-state index contributed by atoms with van der Waals surface area (Å²) in [6, 6.07) is 9.86. The first-order valence-corrected chi connectivity index (χ1v) is 9.02. The van der Waals surface area contributed by atoms with E-state index in [-0.39, 0.29) is 4.90 Å². The molecule has 0 aliphatic rings. The van der Waals surface area contributed by atoms with E-state index >= 15 is 0 Å². The molecule has 8 heteroatoms. The minimum absolute atomic E-state index is 0.104. The van der Waals surface area contributed by atoms with Crippen molar-refractivity contribution in [2.24, 2.45) is 0 Å². The fraction of sp³-hybridized carbons (Fsp3) is 0. The highest BCUT2D eigenvalue weighted by Crippen LogP contribution is 2.28. The van der Waals surface area contributed by atoms with Gasteiger partial charge in [-0.15, -0.1) is 11.3 Å². The zero-order valence-corrected chi connectivity index (χ0v) is 13.8. The minimum atomic E-state index is -3.71. The molecule has 0 unspecified atom stereocenters. The van der Waals surface area contributed by atoms with Gasteiger partial charge in [0.05, 0.1) is 21.4 Å². The van der Waals surface area contributed by atoms with Crippen LogP contribution in [0.2, 0.25) is 0 Å². The van der Waals surface area contributed by atoms with Gasteiger partial charge in [0.1, 0.15) is 4.90 Å². The summed E-state index contributed by atoms with van der Waals surface area (Å²) in [5.41, 5.74) is 9.09. The number of hydrogen-bond donors (Lipinski definition) is 2. The van der Waals surface area contributed by atoms with E-state index in [2.05, 4.69) is 25.6 Å². The highest BCUT2D eigenvalue weighted by molar-refractivity contribution is 9.10. The van der Waals surface area contributed by atoms with Crippen LogP contribution in [0.4, 0.5) is 11.4 Å². The summed E-state index contributed by atoms with van der Waals surface area (Å²) < 4.78 is 28.8. The Kier molecular flexibility index (Phi) is 3.60. The number of fused-ring (bicyclic) bond motifs is 1. The number of aromatic nitrogens is 1. The first-order valence-electron chi connectivity index (χ1n) is 5.87. The molecule has 0 spiro atoms. The van der Waals surface area contributed by atoms with Crippen molar-refractivity contribution >= 4 is 58.9 Å². The molecule has 0 saturated carbocycles. The third-order valence-electron chi connectivity index (χ3n) is 2.83. The number of nitrogens with one attached hydrogen (secondary N) is 1. The van der Waals surface area contributed by atoms with E-state index in [1.807, 2.05) is 0 Å². The molecule has 3 rings (SSSR count). The Hall–Kier alpha value is -1.64. The number of rotatable bonds is 3. The third kappa shape index (κ3) is 2.87. The summed E-state index contributed by atoms with van der Waals surface area (Å²) in [6.07, 6.45) is 0. The quantitative estimate of drug-likeness (QED) is 0.678. The van der Waals surface area contributed by atoms with Gasteiger partial charge >= 0.3 is 0 Å². The zero-order valence-electron chi connectivity index (χ0n) is 10.6. The van der Waals surface area contributed by atoms with Crippen molar-refractivity contribution in [1.82, 2.24) is 4.98 Å². The number of nitrogen functional groups attached to an aromatic ring is 1. The molecule has 0 radical (unpaired) electrons. The standard InChI is InChI=1S/C13H10BrN3O2S2/c14-10-3-1-8(15)5-13(10)21(18,19)17-9-2-4-11-12(6-9)20-7-16-11/h1-7,17H,15H2. The van der Waals surface area contributed by atoms with E-state index in [9.17, 15) is 8.42 Å². The number of anilines is 2. The van der Waals surface area contributed by atoms with Crippen LogP contribution in [0.5, 0.6) is 0 Å². The van der Waals surface area contributed by atoms with Crippen LogP contribution in [0.15, 0.2) is 51.3 Å². The van der Waals surface area contributed by atoms with Crippen LogP contribution in [0.25, 0.3) is 10.2 Å². The highest BCUT2D eigenvalue weighted by atomic mass is 79.9. The molecule has 1 aromatic heterocycles. The van der Waals surface area contributed by atoms with E-state index in [1.54, 1.807) is 35.8 Å². The summed E-state index contributed by atoms with van der Waals surface area (Å²) in [4.78, 5) is 4.26. The second-order valence-corrected chi connectivity index (χ2v) is 7.72. The molecule has 3 aromatic rings. The van der Waals surface area contributed by atoms with Crippen LogP contribution < -0.4 is 10.5 Å². The number of halogens is 1. The van der Waals surface area contributed by atoms with Gasteiger partial charge in [-0.3, -0.25) is 4.72 Å². The SMILES string of the molecule is Nc1ccc(Br)c(S(=O)(=O)Nc2ccc3ncsc3c2)c1. The first kappa shape index (κ1) is 14.3. The minimum Gasteiger partial charge on any atom is -0.399 e. The Labute approximate surface area is 134 Å². The van der Waals surface area contributed by atoms with Crippen molar-refractivity contribution in [2.75, 3.05) is 10.5 Å². The van der Waals surface area contributed by atoms with Crippen molar-refractivity contribution < 1.29 is 8.42 Å². The van der Waals surface area contributed by atoms with Crippen molar-refractivity contribution in [3.05, 3.63) is 46.4 Å². The smallest absolute Gasteiger partial charge is 0.263 e. The molecule has 1 heterocycles. The molecular formula is C13H10BrN3O2S2. The molecule has 0 atom stereocenters. The first-order chi connectivity index (χ1) is 9.95. The maximum Gasteiger partial charge on any atom is 0.263 e. The van der Waals surface area contributed by atoms with E-state index in [1.165, 1.54) is 17.4 Å². The number of hydrogen-bond acceptors (Lipinski definition) is 5. The van der Waals surface area contributed by atoms with Crippen LogP contribution in [0.1, 0.15) is 0 Å². The maximum atomic E-state index is 12.4. The van der Waals surface area contributed by atoms with Gasteiger partial charge in [-0.05, 0) is 52.3 Å². The summed E-state index contributed by atoms with van der Waals surface area (Å²) in [6.45, 7) is 0. The maximum absolute atomic E-state index is 12.4. The summed E-state index contributed by atoms with van der Waals surface area (Å²) in [5, 5.41) is 0. The van der Waals surface area contributed by atoms with Crippen LogP contribution in [-0.2, 0) is 10.0 Å². The average Bonchev–Trinajstić information content (AvgIpc) is 2.88. The van der Waals surface area contributed by atoms with Gasteiger partial charge in [0.2, 0.25) is 0 Å². The van der Waals surface area contributed by atoms with Gasteiger partial charge in [-0.2, -0.15) is 0 Å². The molecule has 0 bridgehead atoms. The van der Waals surface area contributed by atoms with Gasteiger partial charge in [0.25, 0.3) is 10.0 Å². The number of sulfonamides is 1. The summed E-state index contributed by atoms with van der Waals surface area (Å²) in [5.74, 6) is 0. The predicted octanol–water partition coefficient (Wildman–Crippen LogP) is 3.44. The van der Waals surface area contributed by atoms with Crippen molar-refractivity contribution in [1.29, 1.82) is 0 Å². The normalized spacial score (nSPS) is 11.7. The Morgan fingerprint density at radius 2 is 2.00 bits per heavy atom. The average molecular weight is 384 g/mol. The molecule has 0 saturated heterocycles. The summed E-state index contributed by atoms with van der Waals surface area (Å²) in [7, 11) is -3.71. The lowest BCUT2D eigenvalue weighted by molar-refractivity contribution is 0.601. The number of nitrogens with zero attached hydrogens (tertiary/aromatic N) is 1. The molecule has 5 nitrogen and oxygen atoms in total. The second kappa shape index (κ2) is 5.28. The summed E-state index contributed by atoms with van der Waals surface area (Å²) >= 11 is 4.68. The lowest BCUT2D eigenvalue weighted by Gasteiger charge is -2.10. The number of benzene rings is 2. The van der Waals surface area contributed by atoms with E-state index in [0.29, 0.717) is 15.8 Å². The van der Waals surface area contributed by atoms with Gasteiger partial charge in [0.15, 0.2) is 0 Å². The van der Waals surface area contributed by atoms with Crippen LogP contribution in [0, 0.1) is 0 Å². The van der Waals surface area contributed by atoms with E-state index in [4.69, 9.17) is 5.73 Å². The molecule has 0 fully saturated rings. The lowest BCUT2D eigenvalue weighted by Crippen LogP contribution is -2.13. The van der Waals surface area contributed by atoms with Crippen molar-refractivity contribution in [3.8, 4) is 0 Å². The van der Waals surface area contributed by atoms with Gasteiger partial charge in [-0.1, -0.05) is 0 Å². The third-order valence-corrected chi connectivity index (χ3v) is 6.00. The predicted molar refractivity (Wildman–Crippen MR) is 89.0 cm³/mol. The van der Waals surface area contributed by atoms with Crippen molar-refractivity contribution in [3.63, 3.8) is 0 Å². The number of thiazole rings is 1. The fourth-order valence-electron chi connectivity index (χ4n) is 1.85. The zero-order chi connectivity index (χ0) is 15.0. The van der Waals surface area contributed by atoms with E-state index < -0.39 is 10.0 Å². The van der Waals surface area contributed by atoms with Gasteiger partial charge in [0, 0.05) is 10.2 Å². The Balaban J connectivity index is 2.00. The number of nitrogens with two attached hydrogens (primary N) is 1. The van der Waals surface area contributed by atoms with Crippen molar-refractivity contribution in [2.45, 2.75) is 4.90 Å². The molecule has 0 aliphatic heterocycles. The van der Waals surface area contributed by atoms with Gasteiger partial charge in [-0.25, -0.2) is 13.4 Å². The van der Waals surface area contributed by atoms with Gasteiger partial charge < -0.3 is 5.73 Å². The van der Waals surface area contributed by atoms with E-state index in [0.717, 1.165) is 10.2 Å².